The van der Waals surface area contributed by atoms with Crippen molar-refractivity contribution >= 4 is 0 Å². The molecule has 0 heterocycles. The second-order valence-corrected chi connectivity index (χ2v) is 5.19. The van der Waals surface area contributed by atoms with E-state index in [2.05, 4.69) is 26.1 Å². The highest BCUT2D eigenvalue weighted by molar-refractivity contribution is 5.39. The minimum Gasteiger partial charge on any atom is -0.490 e. The molecule has 0 saturated carbocycles. The summed E-state index contributed by atoms with van der Waals surface area (Å²) in [6.07, 6.45) is 1.04. The van der Waals surface area contributed by atoms with Crippen LogP contribution < -0.4 is 14.8 Å². The largest absolute Gasteiger partial charge is 0.490 e. The Balaban J connectivity index is 2.32. The average molecular weight is 265 g/mol. The molecule has 0 bridgehead atoms. The molecule has 3 nitrogen and oxygen atoms in total. The van der Waals surface area contributed by atoms with Gasteiger partial charge < -0.3 is 14.8 Å². The molecule has 19 heavy (non-hydrogen) atoms. The number of hydrogen-bond donors (Lipinski definition) is 1. The fourth-order valence-corrected chi connectivity index (χ4v) is 1.75. The number of rotatable bonds is 9. The Hall–Kier alpha value is -1.22. The number of benzene rings is 1. The molecule has 0 spiro atoms. The maximum atomic E-state index is 5.81. The van der Waals surface area contributed by atoms with Crippen LogP contribution in [0.4, 0.5) is 0 Å². The van der Waals surface area contributed by atoms with E-state index in [1.807, 2.05) is 31.2 Å². The first-order chi connectivity index (χ1) is 9.13. The molecule has 0 aromatic heterocycles. The first kappa shape index (κ1) is 15.8. The Labute approximate surface area is 117 Å². The lowest BCUT2D eigenvalue weighted by Gasteiger charge is -2.16. The van der Waals surface area contributed by atoms with Crippen LogP contribution in [0.15, 0.2) is 24.3 Å². The van der Waals surface area contributed by atoms with Crippen LogP contribution in [0.5, 0.6) is 11.5 Å². The van der Waals surface area contributed by atoms with Crippen molar-refractivity contribution in [3.63, 3.8) is 0 Å². The van der Waals surface area contributed by atoms with Gasteiger partial charge in [0.15, 0.2) is 11.5 Å². The quantitative estimate of drug-likeness (QED) is 0.741. The molecule has 1 atom stereocenters. The second-order valence-electron chi connectivity index (χ2n) is 5.19. The van der Waals surface area contributed by atoms with Crippen molar-refractivity contribution < 1.29 is 9.47 Å². The summed E-state index contributed by atoms with van der Waals surface area (Å²) in [6, 6.07) is 8.39. The Kier molecular flexibility index (Phi) is 7.34. The van der Waals surface area contributed by atoms with Crippen LogP contribution in [-0.2, 0) is 0 Å². The number of hydrogen-bond acceptors (Lipinski definition) is 3. The maximum Gasteiger partial charge on any atom is 0.161 e. The van der Waals surface area contributed by atoms with Crippen LogP contribution in [0.1, 0.15) is 34.1 Å². The van der Waals surface area contributed by atoms with Gasteiger partial charge in [-0.2, -0.15) is 0 Å². The van der Waals surface area contributed by atoms with E-state index in [1.165, 1.54) is 0 Å². The van der Waals surface area contributed by atoms with E-state index in [0.717, 1.165) is 31.1 Å². The molecule has 1 unspecified atom stereocenters. The zero-order valence-corrected chi connectivity index (χ0v) is 12.6. The summed E-state index contributed by atoms with van der Waals surface area (Å²) in [5.41, 5.74) is 0. The third-order valence-electron chi connectivity index (χ3n) is 2.89. The highest BCUT2D eigenvalue weighted by Gasteiger charge is 2.06. The Morgan fingerprint density at radius 2 is 1.68 bits per heavy atom. The van der Waals surface area contributed by atoms with Crippen molar-refractivity contribution in [1.29, 1.82) is 0 Å². The molecule has 1 aromatic carbocycles. The zero-order valence-electron chi connectivity index (χ0n) is 12.6. The number of para-hydroxylation sites is 2. The van der Waals surface area contributed by atoms with Gasteiger partial charge >= 0.3 is 0 Å². The molecule has 1 rings (SSSR count). The van der Waals surface area contributed by atoms with Gasteiger partial charge in [-0.1, -0.05) is 32.9 Å². The van der Waals surface area contributed by atoms with Crippen LogP contribution in [0.25, 0.3) is 0 Å². The predicted octanol–water partition coefficient (Wildman–Crippen LogP) is 3.49. The van der Waals surface area contributed by atoms with E-state index in [9.17, 15) is 0 Å². The summed E-state index contributed by atoms with van der Waals surface area (Å²) in [7, 11) is 0. The molecule has 0 radical (unpaired) electrons. The highest BCUT2D eigenvalue weighted by Crippen LogP contribution is 2.26. The van der Waals surface area contributed by atoms with Crippen molar-refractivity contribution in [2.75, 3.05) is 19.8 Å². The molecule has 0 saturated heterocycles. The van der Waals surface area contributed by atoms with Crippen LogP contribution in [0.2, 0.25) is 0 Å². The van der Waals surface area contributed by atoms with Gasteiger partial charge in [-0.3, -0.25) is 0 Å². The van der Waals surface area contributed by atoms with Gasteiger partial charge in [-0.15, -0.1) is 0 Å². The van der Waals surface area contributed by atoms with E-state index < -0.39 is 0 Å². The van der Waals surface area contributed by atoms with Gasteiger partial charge in [0.1, 0.15) is 0 Å². The van der Waals surface area contributed by atoms with Gasteiger partial charge in [-0.05, 0) is 37.9 Å². The van der Waals surface area contributed by atoms with Crippen LogP contribution in [0, 0.1) is 5.92 Å². The van der Waals surface area contributed by atoms with Crippen LogP contribution in [-0.4, -0.2) is 25.8 Å². The lowest BCUT2D eigenvalue weighted by Crippen LogP contribution is -2.28. The molecule has 108 valence electrons. The smallest absolute Gasteiger partial charge is 0.161 e. The standard InChI is InChI=1S/C16H27NO2/c1-5-18-15-8-6-7-9-16(15)19-11-10-14(4)12-17-13(2)3/h6-9,13-14,17H,5,10-12H2,1-4H3. The Bertz CT molecular complexity index is 352. The highest BCUT2D eigenvalue weighted by atomic mass is 16.5. The van der Waals surface area contributed by atoms with E-state index in [4.69, 9.17) is 9.47 Å². The SMILES string of the molecule is CCOc1ccccc1OCCC(C)CNC(C)C. The fourth-order valence-electron chi connectivity index (χ4n) is 1.75. The van der Waals surface area contributed by atoms with Crippen LogP contribution >= 0.6 is 0 Å². The van der Waals surface area contributed by atoms with Crippen LogP contribution in [0.3, 0.4) is 0 Å². The molecule has 1 N–H and O–H groups in total. The lowest BCUT2D eigenvalue weighted by atomic mass is 10.1. The van der Waals surface area contributed by atoms with Gasteiger partial charge in [0.25, 0.3) is 0 Å². The van der Waals surface area contributed by atoms with Gasteiger partial charge in [0.05, 0.1) is 13.2 Å². The molecule has 0 amide bonds. The third kappa shape index (κ3) is 6.48. The average Bonchev–Trinajstić information content (AvgIpc) is 2.39. The number of ether oxygens (including phenoxy) is 2. The summed E-state index contributed by atoms with van der Waals surface area (Å²) in [6.45, 7) is 11.0. The third-order valence-corrected chi connectivity index (χ3v) is 2.89. The molecule has 3 heteroatoms. The molecule has 1 aromatic rings. The normalized spacial score (nSPS) is 12.5. The predicted molar refractivity (Wildman–Crippen MR) is 80.0 cm³/mol. The summed E-state index contributed by atoms with van der Waals surface area (Å²) in [5.74, 6) is 2.29. The van der Waals surface area contributed by atoms with Crippen molar-refractivity contribution in [3.05, 3.63) is 24.3 Å². The van der Waals surface area contributed by atoms with Crippen molar-refractivity contribution in [3.8, 4) is 11.5 Å². The van der Waals surface area contributed by atoms with Gasteiger partial charge in [0.2, 0.25) is 0 Å². The first-order valence-electron chi connectivity index (χ1n) is 7.21. The minimum atomic E-state index is 0.544. The Morgan fingerprint density at radius 1 is 1.05 bits per heavy atom. The summed E-state index contributed by atoms with van der Waals surface area (Å²) >= 11 is 0. The molecule has 0 aliphatic carbocycles. The maximum absolute atomic E-state index is 5.81. The van der Waals surface area contributed by atoms with Crippen molar-refractivity contribution in [2.24, 2.45) is 5.92 Å². The van der Waals surface area contributed by atoms with Crippen molar-refractivity contribution in [2.45, 2.75) is 40.2 Å². The fraction of sp³-hybridized carbons (Fsp3) is 0.625. The molecular weight excluding hydrogens is 238 g/mol. The number of nitrogens with one attached hydrogen (secondary N) is 1. The summed E-state index contributed by atoms with van der Waals surface area (Å²) in [4.78, 5) is 0. The van der Waals surface area contributed by atoms with E-state index >= 15 is 0 Å². The molecular formula is C16H27NO2. The van der Waals surface area contributed by atoms with Crippen molar-refractivity contribution in [1.82, 2.24) is 5.32 Å². The summed E-state index contributed by atoms with van der Waals surface area (Å²) < 4.78 is 11.4. The monoisotopic (exact) mass is 265 g/mol. The molecule has 0 fully saturated rings. The first-order valence-corrected chi connectivity index (χ1v) is 7.21. The Morgan fingerprint density at radius 3 is 2.26 bits per heavy atom. The van der Waals surface area contributed by atoms with E-state index in [1.54, 1.807) is 0 Å². The molecule has 0 aliphatic rings. The van der Waals surface area contributed by atoms with E-state index in [0.29, 0.717) is 18.6 Å². The van der Waals surface area contributed by atoms with Gasteiger partial charge in [0, 0.05) is 6.04 Å². The minimum absolute atomic E-state index is 0.544. The van der Waals surface area contributed by atoms with Gasteiger partial charge in [-0.25, -0.2) is 0 Å². The lowest BCUT2D eigenvalue weighted by molar-refractivity contribution is 0.255. The zero-order chi connectivity index (χ0) is 14.1. The topological polar surface area (TPSA) is 30.5 Å². The van der Waals surface area contributed by atoms with E-state index in [-0.39, 0.29) is 0 Å². The molecule has 0 aliphatic heterocycles. The summed E-state index contributed by atoms with van der Waals surface area (Å²) in [5, 5.41) is 3.45. The second kappa shape index (κ2) is 8.81.